The molecule has 1 aliphatic heterocycles. The van der Waals surface area contributed by atoms with Crippen LogP contribution in [0.1, 0.15) is 5.56 Å². The van der Waals surface area contributed by atoms with Crippen LogP contribution >= 0.6 is 0 Å². The van der Waals surface area contributed by atoms with Crippen molar-refractivity contribution in [2.24, 2.45) is 5.92 Å². The maximum Gasteiger partial charge on any atom is 0.0929 e. The number of aliphatic hydroxyl groups excluding tert-OH is 3. The van der Waals surface area contributed by atoms with Gasteiger partial charge in [0.1, 0.15) is 0 Å². The fourth-order valence-electron chi connectivity index (χ4n) is 2.42. The molecule has 1 fully saturated rings. The Kier molecular flexibility index (Phi) is 5.10. The number of rotatable bonds is 4. The fraction of sp³-hybridized carbons (Fsp3) is 0.467. The molecular weight excluding hydrogens is 242 g/mol. The lowest BCUT2D eigenvalue weighted by Gasteiger charge is -2.38. The van der Waals surface area contributed by atoms with Crippen LogP contribution in [0.15, 0.2) is 36.4 Å². The van der Waals surface area contributed by atoms with Crippen molar-refractivity contribution in [1.82, 2.24) is 4.90 Å². The highest BCUT2D eigenvalue weighted by Crippen LogP contribution is 2.17. The molecule has 2 rings (SSSR count). The Labute approximate surface area is 113 Å². The van der Waals surface area contributed by atoms with E-state index in [0.717, 1.165) is 5.56 Å². The highest BCUT2D eigenvalue weighted by atomic mass is 16.3. The topological polar surface area (TPSA) is 63.9 Å². The molecule has 3 N–H and O–H groups in total. The zero-order chi connectivity index (χ0) is 13.7. The molecule has 104 valence electrons. The van der Waals surface area contributed by atoms with Crippen molar-refractivity contribution in [2.75, 3.05) is 26.2 Å². The second-order valence-electron chi connectivity index (χ2n) is 5.03. The predicted octanol–water partition coefficient (Wildman–Crippen LogP) is 0.346. The first-order valence-corrected chi connectivity index (χ1v) is 6.61. The van der Waals surface area contributed by atoms with E-state index in [-0.39, 0.29) is 12.5 Å². The first-order valence-electron chi connectivity index (χ1n) is 6.61. The van der Waals surface area contributed by atoms with Crippen LogP contribution in [-0.4, -0.2) is 58.7 Å². The van der Waals surface area contributed by atoms with Crippen LogP contribution in [0.2, 0.25) is 0 Å². The van der Waals surface area contributed by atoms with E-state index < -0.39 is 12.2 Å². The molecule has 3 atom stereocenters. The molecule has 4 nitrogen and oxygen atoms in total. The van der Waals surface area contributed by atoms with Crippen LogP contribution in [0.4, 0.5) is 0 Å². The van der Waals surface area contributed by atoms with Crippen LogP contribution in [0.5, 0.6) is 0 Å². The van der Waals surface area contributed by atoms with Gasteiger partial charge in [-0.05, 0) is 5.56 Å². The highest BCUT2D eigenvalue weighted by molar-refractivity contribution is 5.48. The maximum absolute atomic E-state index is 9.74. The Morgan fingerprint density at radius 1 is 1.16 bits per heavy atom. The number of hydrogen-bond acceptors (Lipinski definition) is 4. The maximum atomic E-state index is 9.74. The summed E-state index contributed by atoms with van der Waals surface area (Å²) in [6, 6.07) is 10.0. The molecule has 0 spiro atoms. The second-order valence-corrected chi connectivity index (χ2v) is 5.03. The van der Waals surface area contributed by atoms with Gasteiger partial charge >= 0.3 is 0 Å². The summed E-state index contributed by atoms with van der Waals surface area (Å²) < 4.78 is 0. The van der Waals surface area contributed by atoms with E-state index in [0.29, 0.717) is 19.6 Å². The van der Waals surface area contributed by atoms with Crippen molar-refractivity contribution < 1.29 is 15.3 Å². The number of nitrogens with zero attached hydrogens (tertiary/aromatic N) is 1. The zero-order valence-corrected chi connectivity index (χ0v) is 10.9. The van der Waals surface area contributed by atoms with Crippen molar-refractivity contribution in [1.29, 1.82) is 0 Å². The van der Waals surface area contributed by atoms with Crippen LogP contribution in [-0.2, 0) is 0 Å². The van der Waals surface area contributed by atoms with Crippen LogP contribution < -0.4 is 0 Å². The Balaban J connectivity index is 1.88. The summed E-state index contributed by atoms with van der Waals surface area (Å²) >= 11 is 0. The minimum atomic E-state index is -0.820. The summed E-state index contributed by atoms with van der Waals surface area (Å²) in [5.41, 5.74) is 1.14. The van der Waals surface area contributed by atoms with Gasteiger partial charge in [0.15, 0.2) is 0 Å². The lowest BCUT2D eigenvalue weighted by atomic mass is 9.93. The highest BCUT2D eigenvalue weighted by Gasteiger charge is 2.33. The molecule has 0 amide bonds. The number of likely N-dealkylation sites (tertiary alicyclic amines) is 1. The average molecular weight is 263 g/mol. The Bertz CT molecular complexity index is 407. The van der Waals surface area contributed by atoms with Crippen LogP contribution in [0.3, 0.4) is 0 Å². The van der Waals surface area contributed by atoms with Crippen molar-refractivity contribution in [2.45, 2.75) is 12.2 Å². The largest absolute Gasteiger partial charge is 0.396 e. The molecule has 1 aromatic rings. The molecule has 1 aliphatic rings. The monoisotopic (exact) mass is 263 g/mol. The number of hydrogen-bond donors (Lipinski definition) is 3. The van der Waals surface area contributed by atoms with Gasteiger partial charge in [-0.25, -0.2) is 0 Å². The van der Waals surface area contributed by atoms with E-state index >= 15 is 0 Å². The molecule has 19 heavy (non-hydrogen) atoms. The molecular formula is C15H21NO3. The molecule has 1 heterocycles. The third kappa shape index (κ3) is 3.88. The molecule has 1 aromatic carbocycles. The van der Waals surface area contributed by atoms with Gasteiger partial charge in [-0.2, -0.15) is 0 Å². The number of β-amino-alcohol motifs (C(OH)–C–C–N with tert-alkyl or cyclic N) is 1. The zero-order valence-electron chi connectivity index (χ0n) is 10.9. The summed E-state index contributed by atoms with van der Waals surface area (Å²) in [5, 5.41) is 28.6. The van der Waals surface area contributed by atoms with Gasteiger partial charge in [0.2, 0.25) is 0 Å². The smallest absolute Gasteiger partial charge is 0.0929 e. The third-order valence-electron chi connectivity index (χ3n) is 3.52. The van der Waals surface area contributed by atoms with Gasteiger partial charge in [-0.3, -0.25) is 4.90 Å². The van der Waals surface area contributed by atoms with Gasteiger partial charge < -0.3 is 15.3 Å². The standard InChI is InChI=1S/C15H21NO3/c17-11-13-9-16(10-14(18)15(13)19)8-4-7-12-5-2-1-3-6-12/h1-7,13-15,17-19H,8-11H2/b7-4+. The molecule has 4 heteroatoms. The van der Waals surface area contributed by atoms with Gasteiger partial charge in [0.25, 0.3) is 0 Å². The minimum Gasteiger partial charge on any atom is -0.396 e. The van der Waals surface area contributed by atoms with Crippen LogP contribution in [0.25, 0.3) is 6.08 Å². The predicted molar refractivity (Wildman–Crippen MR) is 74.5 cm³/mol. The van der Waals surface area contributed by atoms with Crippen molar-refractivity contribution in [3.8, 4) is 0 Å². The number of aliphatic hydroxyl groups is 3. The molecule has 0 aliphatic carbocycles. The minimum absolute atomic E-state index is 0.100. The van der Waals surface area contributed by atoms with Crippen molar-refractivity contribution in [3.05, 3.63) is 42.0 Å². The van der Waals surface area contributed by atoms with Gasteiger partial charge in [0, 0.05) is 32.2 Å². The molecule has 0 aromatic heterocycles. The van der Waals surface area contributed by atoms with E-state index in [1.807, 2.05) is 47.4 Å². The summed E-state index contributed by atoms with van der Waals surface area (Å²) in [4.78, 5) is 2.04. The summed E-state index contributed by atoms with van der Waals surface area (Å²) in [6.07, 6.45) is 2.47. The summed E-state index contributed by atoms with van der Waals surface area (Å²) in [5.74, 6) is -0.270. The molecule has 0 bridgehead atoms. The Morgan fingerprint density at radius 2 is 1.89 bits per heavy atom. The molecule has 0 saturated carbocycles. The van der Waals surface area contributed by atoms with Crippen LogP contribution in [0, 0.1) is 5.92 Å². The third-order valence-corrected chi connectivity index (χ3v) is 3.52. The lowest BCUT2D eigenvalue weighted by molar-refractivity contribution is -0.0835. The Hall–Kier alpha value is -1.20. The molecule has 3 unspecified atom stereocenters. The first kappa shape index (κ1) is 14.2. The van der Waals surface area contributed by atoms with E-state index in [9.17, 15) is 15.3 Å². The molecule has 0 radical (unpaired) electrons. The fourth-order valence-corrected chi connectivity index (χ4v) is 2.42. The normalized spacial score (nSPS) is 28.9. The Morgan fingerprint density at radius 3 is 2.58 bits per heavy atom. The van der Waals surface area contributed by atoms with Gasteiger partial charge in [0.05, 0.1) is 12.2 Å². The first-order chi connectivity index (χ1) is 9.20. The summed E-state index contributed by atoms with van der Waals surface area (Å²) in [6.45, 7) is 1.65. The van der Waals surface area contributed by atoms with E-state index in [1.54, 1.807) is 0 Å². The van der Waals surface area contributed by atoms with E-state index in [1.165, 1.54) is 0 Å². The van der Waals surface area contributed by atoms with Crippen molar-refractivity contribution in [3.63, 3.8) is 0 Å². The SMILES string of the molecule is OCC1CN(C/C=C/c2ccccc2)CC(O)C1O. The molecule has 1 saturated heterocycles. The second kappa shape index (κ2) is 6.82. The van der Waals surface area contributed by atoms with E-state index in [4.69, 9.17) is 0 Å². The summed E-state index contributed by atoms with van der Waals surface area (Å²) in [7, 11) is 0. The number of benzene rings is 1. The van der Waals surface area contributed by atoms with Gasteiger partial charge in [-0.15, -0.1) is 0 Å². The van der Waals surface area contributed by atoms with Gasteiger partial charge in [-0.1, -0.05) is 42.5 Å². The number of piperidine rings is 1. The van der Waals surface area contributed by atoms with E-state index in [2.05, 4.69) is 0 Å². The van der Waals surface area contributed by atoms with Crippen molar-refractivity contribution >= 4 is 6.08 Å². The quantitative estimate of drug-likeness (QED) is 0.733. The average Bonchev–Trinajstić information content (AvgIpc) is 2.43. The lowest BCUT2D eigenvalue weighted by Crippen LogP contribution is -2.53.